The molecule has 90 valence electrons. The monoisotopic (exact) mass is 278 g/mol. The van der Waals surface area contributed by atoms with Crippen LogP contribution < -0.4 is 5.32 Å². The maximum absolute atomic E-state index is 8.69. The van der Waals surface area contributed by atoms with E-state index in [-0.39, 0.29) is 5.28 Å². The molecular formula is C12H8Cl2N4. The first-order valence-corrected chi connectivity index (χ1v) is 5.85. The molecule has 1 aromatic heterocycles. The quantitative estimate of drug-likeness (QED) is 0.876. The minimum Gasteiger partial charge on any atom is -0.365 e. The Kier molecular flexibility index (Phi) is 3.98. The highest BCUT2D eigenvalue weighted by molar-refractivity contribution is 6.33. The van der Waals surface area contributed by atoms with Gasteiger partial charge in [0.2, 0.25) is 5.28 Å². The lowest BCUT2D eigenvalue weighted by molar-refractivity contribution is 1.08. The second kappa shape index (κ2) is 5.67. The van der Waals surface area contributed by atoms with Gasteiger partial charge in [0.1, 0.15) is 10.8 Å². The summed E-state index contributed by atoms with van der Waals surface area (Å²) >= 11 is 11.6. The molecule has 0 spiro atoms. The summed E-state index contributed by atoms with van der Waals surface area (Å²) in [5.41, 5.74) is 1.64. The summed E-state index contributed by atoms with van der Waals surface area (Å²) in [5, 5.41) is 12.3. The molecular weight excluding hydrogens is 271 g/mol. The number of benzene rings is 1. The molecule has 0 aliphatic carbocycles. The van der Waals surface area contributed by atoms with Crippen molar-refractivity contribution in [2.45, 2.75) is 6.54 Å². The Morgan fingerprint density at radius 1 is 1.22 bits per heavy atom. The third-order valence-corrected chi connectivity index (χ3v) is 2.72. The van der Waals surface area contributed by atoms with Gasteiger partial charge in [-0.05, 0) is 29.3 Å². The summed E-state index contributed by atoms with van der Waals surface area (Å²) in [6.45, 7) is 0.540. The Morgan fingerprint density at radius 2 is 1.94 bits per heavy atom. The van der Waals surface area contributed by atoms with Crippen molar-refractivity contribution in [3.8, 4) is 6.07 Å². The van der Waals surface area contributed by atoms with Gasteiger partial charge in [0, 0.05) is 6.54 Å². The van der Waals surface area contributed by atoms with Crippen molar-refractivity contribution in [3.63, 3.8) is 0 Å². The fourth-order valence-corrected chi connectivity index (χ4v) is 1.64. The van der Waals surface area contributed by atoms with Gasteiger partial charge in [-0.15, -0.1) is 0 Å². The van der Waals surface area contributed by atoms with E-state index in [1.165, 1.54) is 6.20 Å². The molecule has 4 nitrogen and oxygen atoms in total. The summed E-state index contributed by atoms with van der Waals surface area (Å²) in [4.78, 5) is 7.74. The van der Waals surface area contributed by atoms with E-state index < -0.39 is 0 Å². The summed E-state index contributed by atoms with van der Waals surface area (Å²) in [6, 6.07) is 9.30. The van der Waals surface area contributed by atoms with Crippen molar-refractivity contribution in [3.05, 3.63) is 51.9 Å². The van der Waals surface area contributed by atoms with Crippen molar-refractivity contribution in [2.75, 3.05) is 5.32 Å². The lowest BCUT2D eigenvalue weighted by Crippen LogP contribution is -2.02. The zero-order valence-corrected chi connectivity index (χ0v) is 10.7. The SMILES string of the molecule is N#Cc1ccc(CNc2nc(Cl)ncc2Cl)cc1. The molecule has 2 rings (SSSR count). The Bertz CT molecular complexity index is 590. The predicted octanol–water partition coefficient (Wildman–Crippen LogP) is 3.27. The summed E-state index contributed by atoms with van der Waals surface area (Å²) in [6.07, 6.45) is 1.44. The minimum absolute atomic E-state index is 0.140. The first kappa shape index (κ1) is 12.6. The molecule has 0 unspecified atom stereocenters. The molecule has 18 heavy (non-hydrogen) atoms. The van der Waals surface area contributed by atoms with Crippen molar-refractivity contribution in [1.29, 1.82) is 5.26 Å². The molecule has 0 saturated carbocycles. The number of hydrogen-bond acceptors (Lipinski definition) is 4. The van der Waals surface area contributed by atoms with Gasteiger partial charge in [0.05, 0.1) is 17.8 Å². The fourth-order valence-electron chi connectivity index (χ4n) is 1.35. The van der Waals surface area contributed by atoms with Crippen LogP contribution in [0.3, 0.4) is 0 Å². The molecule has 0 aliphatic rings. The maximum atomic E-state index is 8.69. The lowest BCUT2D eigenvalue weighted by atomic mass is 10.1. The lowest BCUT2D eigenvalue weighted by Gasteiger charge is -2.07. The zero-order valence-electron chi connectivity index (χ0n) is 9.19. The summed E-state index contributed by atoms with van der Waals surface area (Å²) < 4.78 is 0. The third kappa shape index (κ3) is 3.10. The molecule has 0 amide bonds. The molecule has 6 heteroatoms. The van der Waals surface area contributed by atoms with E-state index in [4.69, 9.17) is 28.5 Å². The number of anilines is 1. The standard InChI is InChI=1S/C12H8Cl2N4/c13-10-7-17-12(14)18-11(10)16-6-9-3-1-8(5-15)2-4-9/h1-4,7H,6H2,(H,16,17,18). The number of nitriles is 1. The third-order valence-electron chi connectivity index (χ3n) is 2.26. The number of aromatic nitrogens is 2. The molecule has 0 atom stereocenters. The van der Waals surface area contributed by atoms with E-state index in [1.54, 1.807) is 12.1 Å². The molecule has 0 bridgehead atoms. The maximum Gasteiger partial charge on any atom is 0.224 e. The number of halogens is 2. The zero-order chi connectivity index (χ0) is 13.0. The van der Waals surface area contributed by atoms with Gasteiger partial charge >= 0.3 is 0 Å². The van der Waals surface area contributed by atoms with Crippen LogP contribution in [0.2, 0.25) is 10.3 Å². The Balaban J connectivity index is 2.07. The molecule has 1 heterocycles. The smallest absolute Gasteiger partial charge is 0.224 e. The first-order valence-electron chi connectivity index (χ1n) is 5.10. The summed E-state index contributed by atoms with van der Waals surface area (Å²) in [5.74, 6) is 0.487. The van der Waals surface area contributed by atoms with Crippen LogP contribution >= 0.6 is 23.2 Å². The van der Waals surface area contributed by atoms with E-state index in [0.717, 1.165) is 5.56 Å². The number of rotatable bonds is 3. The number of nitrogens with one attached hydrogen (secondary N) is 1. The first-order chi connectivity index (χ1) is 8.69. The van der Waals surface area contributed by atoms with Crippen molar-refractivity contribution < 1.29 is 0 Å². The molecule has 0 saturated heterocycles. The molecule has 2 aromatic rings. The van der Waals surface area contributed by atoms with Gasteiger partial charge < -0.3 is 5.32 Å². The van der Waals surface area contributed by atoms with Crippen LogP contribution in [0.1, 0.15) is 11.1 Å². The second-order valence-corrected chi connectivity index (χ2v) is 4.24. The molecule has 0 aliphatic heterocycles. The van der Waals surface area contributed by atoms with Gasteiger partial charge in [-0.2, -0.15) is 10.2 Å². The summed E-state index contributed by atoms with van der Waals surface area (Å²) in [7, 11) is 0. The van der Waals surface area contributed by atoms with Crippen molar-refractivity contribution in [1.82, 2.24) is 9.97 Å². The van der Waals surface area contributed by atoms with Gasteiger partial charge in [0.25, 0.3) is 0 Å². The van der Waals surface area contributed by atoms with Crippen LogP contribution in [-0.4, -0.2) is 9.97 Å². The highest BCUT2D eigenvalue weighted by atomic mass is 35.5. The predicted molar refractivity (Wildman–Crippen MR) is 70.5 cm³/mol. The van der Waals surface area contributed by atoms with Crippen LogP contribution in [0.25, 0.3) is 0 Å². The minimum atomic E-state index is 0.140. The van der Waals surface area contributed by atoms with Crippen molar-refractivity contribution >= 4 is 29.0 Å². The average molecular weight is 279 g/mol. The molecule has 1 N–H and O–H groups in total. The van der Waals surface area contributed by atoms with Crippen LogP contribution in [0.5, 0.6) is 0 Å². The second-order valence-electron chi connectivity index (χ2n) is 3.50. The van der Waals surface area contributed by atoms with E-state index in [1.807, 2.05) is 12.1 Å². The Labute approximate surface area is 114 Å². The number of hydrogen-bond donors (Lipinski definition) is 1. The average Bonchev–Trinajstić information content (AvgIpc) is 2.40. The Hall–Kier alpha value is -1.83. The van der Waals surface area contributed by atoms with Gasteiger partial charge in [0.15, 0.2) is 0 Å². The van der Waals surface area contributed by atoms with E-state index in [9.17, 15) is 0 Å². The largest absolute Gasteiger partial charge is 0.365 e. The van der Waals surface area contributed by atoms with Gasteiger partial charge in [-0.25, -0.2) is 4.98 Å². The van der Waals surface area contributed by atoms with E-state index in [2.05, 4.69) is 21.4 Å². The van der Waals surface area contributed by atoms with Gasteiger partial charge in [-0.3, -0.25) is 0 Å². The number of nitrogens with zero attached hydrogens (tertiary/aromatic N) is 3. The normalized spacial score (nSPS) is 9.83. The molecule has 0 radical (unpaired) electrons. The molecule has 1 aromatic carbocycles. The highest BCUT2D eigenvalue weighted by Crippen LogP contribution is 2.20. The topological polar surface area (TPSA) is 61.6 Å². The van der Waals surface area contributed by atoms with Crippen LogP contribution in [0.15, 0.2) is 30.5 Å². The van der Waals surface area contributed by atoms with E-state index >= 15 is 0 Å². The van der Waals surface area contributed by atoms with Crippen molar-refractivity contribution in [2.24, 2.45) is 0 Å². The highest BCUT2D eigenvalue weighted by Gasteiger charge is 2.03. The van der Waals surface area contributed by atoms with Crippen LogP contribution in [0, 0.1) is 11.3 Å². The van der Waals surface area contributed by atoms with Crippen LogP contribution in [0.4, 0.5) is 5.82 Å². The fraction of sp³-hybridized carbons (Fsp3) is 0.0833. The van der Waals surface area contributed by atoms with E-state index in [0.29, 0.717) is 22.9 Å². The van der Waals surface area contributed by atoms with Gasteiger partial charge in [-0.1, -0.05) is 23.7 Å². The Morgan fingerprint density at radius 3 is 2.61 bits per heavy atom. The molecule has 0 fully saturated rings. The van der Waals surface area contributed by atoms with Crippen LogP contribution in [-0.2, 0) is 6.54 Å².